The summed E-state index contributed by atoms with van der Waals surface area (Å²) in [6, 6.07) is 47.8. The summed E-state index contributed by atoms with van der Waals surface area (Å²) in [7, 11) is 0. The van der Waals surface area contributed by atoms with Gasteiger partial charge in [-0.25, -0.2) is 19.9 Å². The van der Waals surface area contributed by atoms with Crippen molar-refractivity contribution >= 4 is 42.5 Å². The van der Waals surface area contributed by atoms with Crippen molar-refractivity contribution in [2.45, 2.75) is 0 Å². The summed E-state index contributed by atoms with van der Waals surface area (Å²) >= 11 is 1.78. The fourth-order valence-corrected chi connectivity index (χ4v) is 7.39. The average Bonchev–Trinajstić information content (AvgIpc) is 3.52. The Bertz CT molecular complexity index is 2510. The van der Waals surface area contributed by atoms with Gasteiger partial charge in [-0.3, -0.25) is 4.98 Å². The van der Waals surface area contributed by atoms with E-state index in [1.54, 1.807) is 17.5 Å². The largest absolute Gasteiger partial charge is 0.264 e. The highest BCUT2D eigenvalue weighted by Crippen LogP contribution is 2.44. The number of hydrogen-bond donors (Lipinski definition) is 0. The standard InChI is InChI=1S/C41H25N5S/c1-3-12-26(13-4-1)39-44-40(27-14-5-2-6-15-27)46-41(45-39)31-23-29(28-16-11-21-42-25-28)22-30(24-31)36-32-17-7-9-19-34(32)43-37-33-18-8-10-20-35(33)47-38(36)37/h1-25H. The molecule has 0 atom stereocenters. The van der Waals surface area contributed by atoms with Gasteiger partial charge in [0.05, 0.1) is 15.7 Å². The second-order valence-corrected chi connectivity index (χ2v) is 12.4. The van der Waals surface area contributed by atoms with E-state index in [2.05, 4.69) is 77.8 Å². The molecule has 4 aromatic heterocycles. The third kappa shape index (κ3) is 4.92. The Morgan fingerprint density at radius 2 is 1.00 bits per heavy atom. The van der Waals surface area contributed by atoms with E-state index in [9.17, 15) is 0 Å². The van der Waals surface area contributed by atoms with Crippen molar-refractivity contribution < 1.29 is 0 Å². The van der Waals surface area contributed by atoms with E-state index in [4.69, 9.17) is 19.9 Å². The van der Waals surface area contributed by atoms with E-state index < -0.39 is 0 Å². The summed E-state index contributed by atoms with van der Waals surface area (Å²) in [6.45, 7) is 0. The first-order valence-corrected chi connectivity index (χ1v) is 16.2. The van der Waals surface area contributed by atoms with Gasteiger partial charge >= 0.3 is 0 Å². The molecule has 5 nitrogen and oxygen atoms in total. The zero-order valence-corrected chi connectivity index (χ0v) is 25.9. The molecule has 0 bridgehead atoms. The van der Waals surface area contributed by atoms with E-state index in [0.29, 0.717) is 17.5 Å². The van der Waals surface area contributed by atoms with E-state index in [0.717, 1.165) is 60.1 Å². The number of benzene rings is 5. The number of aromatic nitrogens is 5. The summed E-state index contributed by atoms with van der Waals surface area (Å²) in [5.74, 6) is 1.86. The minimum Gasteiger partial charge on any atom is -0.264 e. The van der Waals surface area contributed by atoms with Crippen molar-refractivity contribution in [3.05, 3.63) is 152 Å². The summed E-state index contributed by atoms with van der Waals surface area (Å²) in [6.07, 6.45) is 3.70. The van der Waals surface area contributed by atoms with Crippen LogP contribution in [-0.4, -0.2) is 24.9 Å². The van der Waals surface area contributed by atoms with Gasteiger partial charge in [-0.15, -0.1) is 11.3 Å². The maximum atomic E-state index is 5.17. The summed E-state index contributed by atoms with van der Waals surface area (Å²) in [4.78, 5) is 24.7. The monoisotopic (exact) mass is 619 g/mol. The molecular weight excluding hydrogens is 595 g/mol. The van der Waals surface area contributed by atoms with Crippen LogP contribution in [0.4, 0.5) is 0 Å². The van der Waals surface area contributed by atoms with Gasteiger partial charge in [0, 0.05) is 55.7 Å². The lowest BCUT2D eigenvalue weighted by Crippen LogP contribution is -2.00. The molecule has 220 valence electrons. The molecule has 47 heavy (non-hydrogen) atoms. The zero-order chi connectivity index (χ0) is 31.2. The van der Waals surface area contributed by atoms with Crippen LogP contribution in [0.5, 0.6) is 0 Å². The maximum Gasteiger partial charge on any atom is 0.164 e. The number of para-hydroxylation sites is 1. The molecule has 0 radical (unpaired) electrons. The number of hydrogen-bond acceptors (Lipinski definition) is 6. The third-order valence-electron chi connectivity index (χ3n) is 8.38. The molecule has 4 heterocycles. The number of rotatable bonds is 5. The van der Waals surface area contributed by atoms with Crippen LogP contribution in [-0.2, 0) is 0 Å². The van der Waals surface area contributed by atoms with Gasteiger partial charge in [-0.05, 0) is 47.5 Å². The molecule has 0 N–H and O–H groups in total. The van der Waals surface area contributed by atoms with Crippen LogP contribution in [0.3, 0.4) is 0 Å². The van der Waals surface area contributed by atoms with Crippen LogP contribution in [0.15, 0.2) is 152 Å². The molecule has 0 amide bonds. The second kappa shape index (κ2) is 11.4. The van der Waals surface area contributed by atoms with E-state index in [-0.39, 0.29) is 0 Å². The molecule has 0 aliphatic rings. The maximum absolute atomic E-state index is 5.17. The molecule has 0 saturated carbocycles. The van der Waals surface area contributed by atoms with Crippen molar-refractivity contribution in [2.75, 3.05) is 0 Å². The molecular formula is C41H25N5S. The molecule has 9 rings (SSSR count). The van der Waals surface area contributed by atoms with Gasteiger partial charge in [0.25, 0.3) is 0 Å². The van der Waals surface area contributed by atoms with Crippen LogP contribution in [0, 0.1) is 0 Å². The molecule has 0 saturated heterocycles. The Morgan fingerprint density at radius 3 is 1.70 bits per heavy atom. The van der Waals surface area contributed by atoms with Crippen molar-refractivity contribution in [3.63, 3.8) is 0 Å². The van der Waals surface area contributed by atoms with Gasteiger partial charge in [0.15, 0.2) is 17.5 Å². The Hall–Kier alpha value is -6.11. The molecule has 0 fully saturated rings. The Kier molecular flexibility index (Phi) is 6.58. The van der Waals surface area contributed by atoms with Gasteiger partial charge in [-0.2, -0.15) is 0 Å². The number of thiophene rings is 1. The topological polar surface area (TPSA) is 64.5 Å². The lowest BCUT2D eigenvalue weighted by atomic mass is 9.94. The highest BCUT2D eigenvalue weighted by Gasteiger charge is 2.19. The highest BCUT2D eigenvalue weighted by molar-refractivity contribution is 7.26. The fraction of sp³-hybridized carbons (Fsp3) is 0. The minimum absolute atomic E-state index is 0.607. The molecule has 5 aromatic carbocycles. The minimum atomic E-state index is 0.607. The van der Waals surface area contributed by atoms with E-state index >= 15 is 0 Å². The van der Waals surface area contributed by atoms with Crippen LogP contribution in [0.1, 0.15) is 0 Å². The Balaban J connectivity index is 1.36. The van der Waals surface area contributed by atoms with Crippen LogP contribution in [0.25, 0.3) is 87.6 Å². The lowest BCUT2D eigenvalue weighted by Gasteiger charge is -2.14. The molecule has 0 aliphatic heterocycles. The predicted molar refractivity (Wildman–Crippen MR) is 193 cm³/mol. The van der Waals surface area contributed by atoms with Gasteiger partial charge < -0.3 is 0 Å². The Morgan fingerprint density at radius 1 is 0.426 bits per heavy atom. The molecule has 0 spiro atoms. The smallest absolute Gasteiger partial charge is 0.164 e. The molecule has 0 aliphatic carbocycles. The Labute approximate surface area is 275 Å². The van der Waals surface area contributed by atoms with E-state index in [1.807, 2.05) is 72.9 Å². The molecule has 6 heteroatoms. The first-order chi connectivity index (χ1) is 23.3. The summed E-state index contributed by atoms with van der Waals surface area (Å²) in [5.41, 5.74) is 9.02. The third-order valence-corrected chi connectivity index (χ3v) is 9.55. The predicted octanol–water partition coefficient (Wildman–Crippen LogP) is 10.5. The quantitative estimate of drug-likeness (QED) is 0.192. The fourth-order valence-electron chi connectivity index (χ4n) is 6.16. The van der Waals surface area contributed by atoms with Crippen molar-refractivity contribution in [3.8, 4) is 56.4 Å². The highest BCUT2D eigenvalue weighted by atomic mass is 32.1. The van der Waals surface area contributed by atoms with Gasteiger partial charge in [0.2, 0.25) is 0 Å². The number of pyridine rings is 2. The second-order valence-electron chi connectivity index (χ2n) is 11.4. The first kappa shape index (κ1) is 27.2. The summed E-state index contributed by atoms with van der Waals surface area (Å²) in [5, 5.41) is 2.27. The first-order valence-electron chi connectivity index (χ1n) is 15.4. The van der Waals surface area contributed by atoms with Crippen LogP contribution in [0.2, 0.25) is 0 Å². The van der Waals surface area contributed by atoms with Crippen LogP contribution >= 0.6 is 11.3 Å². The van der Waals surface area contributed by atoms with Crippen molar-refractivity contribution in [2.24, 2.45) is 0 Å². The SMILES string of the molecule is c1ccc(-c2nc(-c3ccccc3)nc(-c3cc(-c4cccnc4)cc(-c4c5ccccc5nc5c4sc4ccccc45)c3)n2)cc1. The van der Waals surface area contributed by atoms with Crippen LogP contribution < -0.4 is 0 Å². The zero-order valence-electron chi connectivity index (χ0n) is 25.1. The number of nitrogens with zero attached hydrogens (tertiary/aromatic N) is 5. The number of fused-ring (bicyclic) bond motifs is 4. The van der Waals surface area contributed by atoms with Crippen molar-refractivity contribution in [1.29, 1.82) is 0 Å². The molecule has 0 unspecified atom stereocenters. The summed E-state index contributed by atoms with van der Waals surface area (Å²) < 4.78 is 2.37. The average molecular weight is 620 g/mol. The van der Waals surface area contributed by atoms with Crippen molar-refractivity contribution in [1.82, 2.24) is 24.9 Å². The lowest BCUT2D eigenvalue weighted by molar-refractivity contribution is 1.07. The van der Waals surface area contributed by atoms with Gasteiger partial charge in [0.1, 0.15) is 0 Å². The normalized spacial score (nSPS) is 11.4. The molecule has 9 aromatic rings. The van der Waals surface area contributed by atoms with Gasteiger partial charge in [-0.1, -0.05) is 103 Å². The van der Waals surface area contributed by atoms with E-state index in [1.165, 1.54) is 10.1 Å².